The van der Waals surface area contributed by atoms with Crippen LogP contribution in [0.15, 0.2) is 4.99 Å². The van der Waals surface area contributed by atoms with Crippen molar-refractivity contribution in [1.82, 2.24) is 0 Å². The van der Waals surface area contributed by atoms with E-state index in [0.717, 1.165) is 0 Å². The first-order valence-electron chi connectivity index (χ1n) is 1.57. The highest BCUT2D eigenvalue weighted by Gasteiger charge is 1.87. The summed E-state index contributed by atoms with van der Waals surface area (Å²) >= 11 is 0. The highest BCUT2D eigenvalue weighted by atomic mass is 16.7. The average molecular weight is 86.1 g/mol. The van der Waals surface area contributed by atoms with Crippen LogP contribution in [0.2, 0.25) is 0 Å². The molecule has 0 aromatic heterocycles. The first-order chi connectivity index (χ1) is 3.00. The van der Waals surface area contributed by atoms with E-state index in [1.807, 2.05) is 0 Å². The molecular weight excluding hydrogens is 82.0 g/mol. The Balaban J connectivity index is 2.26. The maximum Gasteiger partial charge on any atom is 0.265 e. The van der Waals surface area contributed by atoms with Gasteiger partial charge in [-0.1, -0.05) is 0 Å². The molecule has 0 saturated carbocycles. The van der Waals surface area contributed by atoms with E-state index in [-0.39, 0.29) is 0 Å². The van der Waals surface area contributed by atoms with Crippen LogP contribution in [0.3, 0.4) is 0 Å². The molecule has 0 fully saturated rings. The number of rotatable bonds is 0. The molecule has 0 atom stereocenters. The van der Waals surface area contributed by atoms with Crippen molar-refractivity contribution in [3.8, 4) is 0 Å². The Morgan fingerprint density at radius 2 is 2.67 bits per heavy atom. The second kappa shape index (κ2) is 1.77. The summed E-state index contributed by atoms with van der Waals surface area (Å²) in [5.74, 6) is 0. The Morgan fingerprint density at radius 3 is 2.83 bits per heavy atom. The molecule has 3 heteroatoms. The van der Waals surface area contributed by atoms with Crippen molar-refractivity contribution in [2.75, 3.05) is 6.73 Å². The molecule has 0 amide bonds. The number of aliphatic imine (C=N–C) groups is 1. The normalized spacial score (nSPS) is 20.0. The first kappa shape index (κ1) is 3.61. The van der Waals surface area contributed by atoms with Crippen molar-refractivity contribution in [1.29, 1.82) is 0 Å². The SMILES string of the molecule is [CH]1OC=NCO1. The number of nitrogens with zero attached hydrogens (tertiary/aromatic N) is 1. The van der Waals surface area contributed by atoms with Gasteiger partial charge in [0.05, 0.1) is 0 Å². The predicted molar refractivity (Wildman–Crippen MR) is 19.8 cm³/mol. The van der Waals surface area contributed by atoms with E-state index >= 15 is 0 Å². The predicted octanol–water partition coefficient (Wildman–Crippen LogP) is 0.138. The topological polar surface area (TPSA) is 30.8 Å². The van der Waals surface area contributed by atoms with E-state index < -0.39 is 0 Å². The Bertz CT molecular complexity index is 53.8. The molecule has 6 heavy (non-hydrogen) atoms. The summed E-state index contributed by atoms with van der Waals surface area (Å²) in [6.07, 6.45) is 1.34. The molecule has 0 aromatic carbocycles. The van der Waals surface area contributed by atoms with Gasteiger partial charge in [-0.3, -0.25) is 0 Å². The van der Waals surface area contributed by atoms with Crippen LogP contribution in [-0.2, 0) is 9.47 Å². The van der Waals surface area contributed by atoms with Crippen molar-refractivity contribution in [3.05, 3.63) is 6.79 Å². The van der Waals surface area contributed by atoms with E-state index in [1.165, 1.54) is 13.2 Å². The molecule has 33 valence electrons. The molecular formula is C3H4NO2. The van der Waals surface area contributed by atoms with Gasteiger partial charge in [-0.2, -0.15) is 0 Å². The minimum absolute atomic E-state index is 0.389. The Hall–Kier alpha value is -0.570. The largest absolute Gasteiger partial charge is 0.448 e. The number of ether oxygens (including phenoxy) is 2. The third-order valence-corrected chi connectivity index (χ3v) is 0.408. The van der Waals surface area contributed by atoms with Crippen molar-refractivity contribution in [2.24, 2.45) is 4.99 Å². The highest BCUT2D eigenvalue weighted by molar-refractivity contribution is 5.46. The zero-order valence-corrected chi connectivity index (χ0v) is 3.13. The highest BCUT2D eigenvalue weighted by Crippen LogP contribution is 1.87. The summed E-state index contributed by atoms with van der Waals surface area (Å²) < 4.78 is 8.95. The zero-order chi connectivity index (χ0) is 4.24. The monoisotopic (exact) mass is 86.0 g/mol. The number of hydrogen-bond donors (Lipinski definition) is 0. The molecule has 0 saturated heterocycles. The average Bonchev–Trinajstić information content (AvgIpc) is 1.72. The van der Waals surface area contributed by atoms with Crippen LogP contribution in [0.1, 0.15) is 0 Å². The van der Waals surface area contributed by atoms with Gasteiger partial charge in [0.1, 0.15) is 6.73 Å². The lowest BCUT2D eigenvalue weighted by molar-refractivity contribution is 0.0760. The Kier molecular flexibility index (Phi) is 1.06. The first-order valence-corrected chi connectivity index (χ1v) is 1.57. The standard InChI is InChI=1S/C3H4NO2/c1-4-2-6-3-5-1/h1,3H,2H2. The minimum Gasteiger partial charge on any atom is -0.448 e. The van der Waals surface area contributed by atoms with Gasteiger partial charge in [-0.05, 0) is 0 Å². The third-order valence-electron chi connectivity index (χ3n) is 0.408. The van der Waals surface area contributed by atoms with Crippen LogP contribution in [0, 0.1) is 6.79 Å². The smallest absolute Gasteiger partial charge is 0.265 e. The van der Waals surface area contributed by atoms with Gasteiger partial charge in [0.25, 0.3) is 6.79 Å². The van der Waals surface area contributed by atoms with Crippen molar-refractivity contribution >= 4 is 6.40 Å². The Morgan fingerprint density at radius 1 is 1.67 bits per heavy atom. The lowest BCUT2D eigenvalue weighted by atomic mass is 11.1. The third kappa shape index (κ3) is 0.687. The van der Waals surface area contributed by atoms with Gasteiger partial charge in [0, 0.05) is 0 Å². The van der Waals surface area contributed by atoms with Gasteiger partial charge in [0.15, 0.2) is 6.40 Å². The molecule has 1 rings (SSSR count). The van der Waals surface area contributed by atoms with Gasteiger partial charge in [-0.25, -0.2) is 4.99 Å². The summed E-state index contributed by atoms with van der Waals surface area (Å²) in [5, 5.41) is 0. The molecule has 1 aliphatic rings. The molecule has 0 unspecified atom stereocenters. The minimum atomic E-state index is 0.389. The van der Waals surface area contributed by atoms with Crippen LogP contribution < -0.4 is 0 Å². The molecule has 1 aliphatic heterocycles. The molecule has 1 heterocycles. The second-order valence-corrected chi connectivity index (χ2v) is 0.816. The summed E-state index contributed by atoms with van der Waals surface area (Å²) in [6.45, 7) is 1.63. The molecule has 0 bridgehead atoms. The van der Waals surface area contributed by atoms with Crippen LogP contribution in [-0.4, -0.2) is 13.1 Å². The van der Waals surface area contributed by atoms with Gasteiger partial charge in [0.2, 0.25) is 0 Å². The molecule has 3 nitrogen and oxygen atoms in total. The van der Waals surface area contributed by atoms with Crippen molar-refractivity contribution in [3.63, 3.8) is 0 Å². The fourth-order valence-electron chi connectivity index (χ4n) is 0.211. The van der Waals surface area contributed by atoms with Gasteiger partial charge in [-0.15, -0.1) is 0 Å². The van der Waals surface area contributed by atoms with Gasteiger partial charge >= 0.3 is 0 Å². The summed E-state index contributed by atoms with van der Waals surface area (Å²) in [6, 6.07) is 0. The lowest BCUT2D eigenvalue weighted by Crippen LogP contribution is -1.98. The molecule has 0 aliphatic carbocycles. The fraction of sp³-hybridized carbons (Fsp3) is 0.333. The zero-order valence-electron chi connectivity index (χ0n) is 3.13. The maximum absolute atomic E-state index is 4.52. The maximum atomic E-state index is 4.52. The van der Waals surface area contributed by atoms with Crippen molar-refractivity contribution < 1.29 is 9.47 Å². The number of hydrogen-bond acceptors (Lipinski definition) is 3. The van der Waals surface area contributed by atoms with Gasteiger partial charge < -0.3 is 9.47 Å². The quantitative estimate of drug-likeness (QED) is 0.419. The van der Waals surface area contributed by atoms with Crippen LogP contribution in [0.25, 0.3) is 0 Å². The summed E-state index contributed by atoms with van der Waals surface area (Å²) in [4.78, 5) is 3.58. The van der Waals surface area contributed by atoms with E-state index in [2.05, 4.69) is 14.5 Å². The van der Waals surface area contributed by atoms with E-state index in [0.29, 0.717) is 6.73 Å². The molecule has 1 radical (unpaired) electrons. The fourth-order valence-corrected chi connectivity index (χ4v) is 0.211. The molecule has 0 N–H and O–H groups in total. The second-order valence-electron chi connectivity index (χ2n) is 0.816. The Labute approximate surface area is 35.6 Å². The van der Waals surface area contributed by atoms with E-state index in [9.17, 15) is 0 Å². The summed E-state index contributed by atoms with van der Waals surface area (Å²) in [5.41, 5.74) is 0. The molecule has 0 aromatic rings. The van der Waals surface area contributed by atoms with Crippen LogP contribution in [0.4, 0.5) is 0 Å². The molecule has 0 spiro atoms. The van der Waals surface area contributed by atoms with Crippen LogP contribution in [0.5, 0.6) is 0 Å². The van der Waals surface area contributed by atoms with E-state index in [4.69, 9.17) is 0 Å². The lowest BCUT2D eigenvalue weighted by Gasteiger charge is -2.01. The van der Waals surface area contributed by atoms with Crippen molar-refractivity contribution in [2.45, 2.75) is 0 Å². The van der Waals surface area contributed by atoms with E-state index in [1.54, 1.807) is 0 Å². The summed E-state index contributed by atoms with van der Waals surface area (Å²) in [7, 11) is 0. The van der Waals surface area contributed by atoms with Crippen LogP contribution >= 0.6 is 0 Å².